The van der Waals surface area contributed by atoms with Gasteiger partial charge >= 0.3 is 0 Å². The van der Waals surface area contributed by atoms with Crippen molar-refractivity contribution in [3.05, 3.63) is 54.0 Å². The summed E-state index contributed by atoms with van der Waals surface area (Å²) in [5.74, 6) is 1.36. The number of fused-ring (bicyclic) bond motifs is 1. The number of hydrogen-bond acceptors (Lipinski definition) is 4. The van der Waals surface area contributed by atoms with Crippen LogP contribution in [-0.4, -0.2) is 26.4 Å². The van der Waals surface area contributed by atoms with Gasteiger partial charge in [0.15, 0.2) is 0 Å². The Morgan fingerprint density at radius 1 is 1.25 bits per heavy atom. The monoisotopic (exact) mass is 377 g/mol. The van der Waals surface area contributed by atoms with E-state index in [1.807, 2.05) is 49.0 Å². The fraction of sp³-hybridized carbons (Fsp3) is 0.435. The lowest BCUT2D eigenvalue weighted by Crippen LogP contribution is -2.23. The number of rotatable bonds is 6. The Kier molecular flexibility index (Phi) is 6.12. The first-order valence-corrected chi connectivity index (χ1v) is 10.0. The summed E-state index contributed by atoms with van der Waals surface area (Å²) < 4.78 is 1.87. The third-order valence-corrected chi connectivity index (χ3v) is 5.24. The summed E-state index contributed by atoms with van der Waals surface area (Å²) in [4.78, 5) is 9.13. The second-order valence-electron chi connectivity index (χ2n) is 8.10. The van der Waals surface area contributed by atoms with E-state index in [0.29, 0.717) is 17.9 Å². The summed E-state index contributed by atoms with van der Waals surface area (Å²) in [6.45, 7) is 14.7. The SMILES string of the molecule is C=C(/C=C\C(N=C(C)C)=C(C)C)c1ccn2nc(NC3CCC[C@@H]3C)ncc12. The maximum Gasteiger partial charge on any atom is 0.241 e. The summed E-state index contributed by atoms with van der Waals surface area (Å²) in [5, 5.41) is 8.13. The van der Waals surface area contributed by atoms with Gasteiger partial charge in [0.05, 0.1) is 17.4 Å². The first-order chi connectivity index (χ1) is 13.3. The van der Waals surface area contributed by atoms with Gasteiger partial charge in [-0.1, -0.05) is 31.6 Å². The van der Waals surface area contributed by atoms with E-state index in [-0.39, 0.29) is 0 Å². The van der Waals surface area contributed by atoms with Gasteiger partial charge in [0.2, 0.25) is 5.95 Å². The third-order valence-electron chi connectivity index (χ3n) is 5.24. The largest absolute Gasteiger partial charge is 0.350 e. The molecule has 148 valence electrons. The predicted octanol–water partition coefficient (Wildman–Crippen LogP) is 5.67. The van der Waals surface area contributed by atoms with Gasteiger partial charge in [-0.05, 0) is 64.2 Å². The van der Waals surface area contributed by atoms with E-state index in [9.17, 15) is 0 Å². The van der Waals surface area contributed by atoms with Gasteiger partial charge in [-0.3, -0.25) is 4.99 Å². The number of aliphatic imine (C=N–C) groups is 1. The summed E-state index contributed by atoms with van der Waals surface area (Å²) in [6.07, 6.45) is 11.6. The Labute approximate surface area is 168 Å². The van der Waals surface area contributed by atoms with Gasteiger partial charge in [0, 0.05) is 23.5 Å². The Balaban J connectivity index is 1.80. The van der Waals surface area contributed by atoms with E-state index >= 15 is 0 Å². The highest BCUT2D eigenvalue weighted by Crippen LogP contribution is 2.27. The second kappa shape index (κ2) is 8.55. The maximum atomic E-state index is 4.64. The van der Waals surface area contributed by atoms with Crippen LogP contribution in [0.1, 0.15) is 59.4 Å². The van der Waals surface area contributed by atoms with Crippen molar-refractivity contribution in [2.24, 2.45) is 10.9 Å². The lowest BCUT2D eigenvalue weighted by atomic mass is 10.1. The Hall–Kier alpha value is -2.69. The van der Waals surface area contributed by atoms with Crippen LogP contribution in [0.5, 0.6) is 0 Å². The summed E-state index contributed by atoms with van der Waals surface area (Å²) >= 11 is 0. The van der Waals surface area contributed by atoms with Crippen LogP contribution in [-0.2, 0) is 0 Å². The van der Waals surface area contributed by atoms with Crippen molar-refractivity contribution < 1.29 is 0 Å². The van der Waals surface area contributed by atoms with Crippen LogP contribution in [0, 0.1) is 5.92 Å². The molecule has 1 unspecified atom stereocenters. The average molecular weight is 378 g/mol. The molecule has 2 heterocycles. The Morgan fingerprint density at radius 3 is 2.68 bits per heavy atom. The molecule has 0 radical (unpaired) electrons. The Bertz CT molecular complexity index is 953. The number of aromatic nitrogens is 3. The van der Waals surface area contributed by atoms with Crippen molar-refractivity contribution in [2.45, 2.75) is 59.9 Å². The molecule has 0 spiro atoms. The minimum atomic E-state index is 0.468. The zero-order chi connectivity index (χ0) is 20.3. The standard InChI is InChI=1S/C23H31N5/c1-15(2)20(25-16(3)4)11-10-17(5)19-12-13-28-22(19)14-24-23(27-28)26-21-9-7-8-18(21)6/h10-14,18,21H,5,7-9H2,1-4,6H3,(H,26,27)/b11-10-/t18-,21?/m0/s1. The molecule has 3 rings (SSSR count). The fourth-order valence-corrected chi connectivity index (χ4v) is 3.59. The highest BCUT2D eigenvalue weighted by Gasteiger charge is 2.23. The zero-order valence-electron chi connectivity index (χ0n) is 17.7. The smallest absolute Gasteiger partial charge is 0.241 e. The molecule has 0 aromatic carbocycles. The summed E-state index contributed by atoms with van der Waals surface area (Å²) in [6, 6.07) is 2.50. The van der Waals surface area contributed by atoms with Gasteiger partial charge in [-0.25, -0.2) is 9.50 Å². The number of nitrogens with zero attached hydrogens (tertiary/aromatic N) is 4. The van der Waals surface area contributed by atoms with Gasteiger partial charge < -0.3 is 5.32 Å². The van der Waals surface area contributed by atoms with Crippen molar-refractivity contribution in [3.63, 3.8) is 0 Å². The molecular weight excluding hydrogens is 346 g/mol. The molecule has 2 aromatic rings. The van der Waals surface area contributed by atoms with Crippen LogP contribution in [0.25, 0.3) is 11.1 Å². The third kappa shape index (κ3) is 4.58. The molecule has 1 saturated carbocycles. The topological polar surface area (TPSA) is 54.6 Å². The van der Waals surface area contributed by atoms with E-state index in [4.69, 9.17) is 0 Å². The van der Waals surface area contributed by atoms with Gasteiger partial charge in [0.1, 0.15) is 0 Å². The van der Waals surface area contributed by atoms with Crippen molar-refractivity contribution in [1.82, 2.24) is 14.6 Å². The zero-order valence-corrected chi connectivity index (χ0v) is 17.7. The van der Waals surface area contributed by atoms with E-state index < -0.39 is 0 Å². The molecule has 1 N–H and O–H groups in total. The minimum absolute atomic E-state index is 0.468. The molecule has 2 atom stereocenters. The van der Waals surface area contributed by atoms with Crippen molar-refractivity contribution in [3.8, 4) is 0 Å². The van der Waals surface area contributed by atoms with Gasteiger partial charge in [0.25, 0.3) is 0 Å². The maximum absolute atomic E-state index is 4.64. The molecule has 0 aliphatic heterocycles. The summed E-state index contributed by atoms with van der Waals surface area (Å²) in [5.41, 5.74) is 6.07. The normalized spacial score (nSPS) is 19.2. The second-order valence-corrected chi connectivity index (χ2v) is 8.10. The van der Waals surface area contributed by atoms with E-state index in [0.717, 1.165) is 28.1 Å². The molecule has 1 aliphatic rings. The minimum Gasteiger partial charge on any atom is -0.350 e. The quantitative estimate of drug-likeness (QED) is 0.521. The first-order valence-electron chi connectivity index (χ1n) is 10.0. The summed E-state index contributed by atoms with van der Waals surface area (Å²) in [7, 11) is 0. The van der Waals surface area contributed by atoms with Gasteiger partial charge in [-0.2, -0.15) is 0 Å². The van der Waals surface area contributed by atoms with Crippen LogP contribution in [0.4, 0.5) is 5.95 Å². The number of nitrogens with one attached hydrogen (secondary N) is 1. The molecule has 1 fully saturated rings. The van der Waals surface area contributed by atoms with Crippen LogP contribution in [0.3, 0.4) is 0 Å². The molecule has 2 aromatic heterocycles. The van der Waals surface area contributed by atoms with Crippen molar-refractivity contribution in [2.75, 3.05) is 5.32 Å². The highest BCUT2D eigenvalue weighted by atomic mass is 15.3. The lowest BCUT2D eigenvalue weighted by molar-refractivity contribution is 0.551. The molecule has 1 aliphatic carbocycles. The van der Waals surface area contributed by atoms with Crippen molar-refractivity contribution >= 4 is 22.7 Å². The van der Waals surface area contributed by atoms with E-state index in [2.05, 4.69) is 47.7 Å². The molecule has 28 heavy (non-hydrogen) atoms. The van der Waals surface area contributed by atoms with Crippen LogP contribution < -0.4 is 5.32 Å². The number of hydrogen-bond donors (Lipinski definition) is 1. The fourth-order valence-electron chi connectivity index (χ4n) is 3.59. The van der Waals surface area contributed by atoms with E-state index in [1.165, 1.54) is 24.8 Å². The van der Waals surface area contributed by atoms with Crippen molar-refractivity contribution in [1.29, 1.82) is 0 Å². The van der Waals surface area contributed by atoms with Gasteiger partial charge in [-0.15, -0.1) is 5.10 Å². The molecule has 0 amide bonds. The number of anilines is 1. The molecule has 5 heteroatoms. The highest BCUT2D eigenvalue weighted by molar-refractivity contribution is 5.83. The van der Waals surface area contributed by atoms with Crippen LogP contribution >= 0.6 is 0 Å². The predicted molar refractivity (Wildman–Crippen MR) is 119 cm³/mol. The molecule has 0 saturated heterocycles. The molecule has 0 bridgehead atoms. The van der Waals surface area contributed by atoms with E-state index in [1.54, 1.807) is 0 Å². The Morgan fingerprint density at radius 2 is 2.04 bits per heavy atom. The van der Waals surface area contributed by atoms with Crippen LogP contribution in [0.2, 0.25) is 0 Å². The van der Waals surface area contributed by atoms with Crippen LogP contribution in [0.15, 0.2) is 53.5 Å². The number of allylic oxidation sites excluding steroid dienone is 4. The first kappa shape index (κ1) is 20.1. The molecule has 5 nitrogen and oxygen atoms in total. The average Bonchev–Trinajstić information content (AvgIpc) is 3.24. The molecular formula is C23H31N5. The lowest BCUT2D eigenvalue weighted by Gasteiger charge is -2.16.